The number of hydrogen-bond donors (Lipinski definition) is 3. The summed E-state index contributed by atoms with van der Waals surface area (Å²) in [4.78, 5) is 23.9. The van der Waals surface area contributed by atoms with Crippen LogP contribution >= 0.6 is 0 Å². The van der Waals surface area contributed by atoms with Crippen molar-refractivity contribution < 1.29 is 18.0 Å². The number of carbonyl (C=O) groups is 2. The second-order valence-electron chi connectivity index (χ2n) is 5.50. The summed E-state index contributed by atoms with van der Waals surface area (Å²) in [6.45, 7) is 6.02. The highest BCUT2D eigenvalue weighted by Crippen LogP contribution is 2.16. The molecular weight excluding hydrogens is 344 g/mol. The highest BCUT2D eigenvalue weighted by molar-refractivity contribution is 7.89. The summed E-state index contributed by atoms with van der Waals surface area (Å²) in [5.41, 5.74) is 5.58. The van der Waals surface area contributed by atoms with Crippen molar-refractivity contribution in [3.8, 4) is 0 Å². The van der Waals surface area contributed by atoms with Crippen LogP contribution in [0.3, 0.4) is 0 Å². The monoisotopic (exact) mass is 370 g/mol. The predicted octanol–water partition coefficient (Wildman–Crippen LogP) is -0.0897. The van der Waals surface area contributed by atoms with E-state index in [1.165, 1.54) is 28.6 Å². The number of nitrogens with two attached hydrogens (primary N) is 1. The van der Waals surface area contributed by atoms with E-state index in [1.807, 2.05) is 0 Å². The molecule has 0 aliphatic heterocycles. The summed E-state index contributed by atoms with van der Waals surface area (Å²) in [7, 11) is -3.65. The van der Waals surface area contributed by atoms with Crippen LogP contribution in [0.5, 0.6) is 0 Å². The van der Waals surface area contributed by atoms with E-state index in [2.05, 4.69) is 10.6 Å². The molecule has 1 atom stereocenters. The summed E-state index contributed by atoms with van der Waals surface area (Å²) in [5.74, 6) is -0.884. The second kappa shape index (κ2) is 9.50. The first-order valence-electron chi connectivity index (χ1n) is 8.14. The molecule has 0 aliphatic rings. The van der Waals surface area contributed by atoms with E-state index in [0.29, 0.717) is 19.6 Å². The van der Waals surface area contributed by atoms with Gasteiger partial charge in [-0.3, -0.25) is 9.59 Å². The van der Waals surface area contributed by atoms with Gasteiger partial charge in [0.05, 0.1) is 11.4 Å². The molecule has 0 bridgehead atoms. The first kappa shape index (κ1) is 21.1. The van der Waals surface area contributed by atoms with Gasteiger partial charge in [0.25, 0.3) is 5.91 Å². The zero-order valence-electron chi connectivity index (χ0n) is 14.8. The van der Waals surface area contributed by atoms with E-state index in [0.717, 1.165) is 0 Å². The fraction of sp³-hybridized carbons (Fsp3) is 0.500. The standard InChI is InChI=1S/C16H26N4O4S/c1-4-20(5-2)25(23,24)14-8-6-7-13(9-14)16(22)18-11-15(21)19-12(3)10-17/h6-9,12H,4-5,10-11,17H2,1-3H3,(H,18,22)(H,19,21)/t12-/m0/s1. The minimum Gasteiger partial charge on any atom is -0.351 e. The van der Waals surface area contributed by atoms with Crippen LogP contribution in [0.15, 0.2) is 29.2 Å². The molecule has 1 rings (SSSR count). The summed E-state index contributed by atoms with van der Waals surface area (Å²) >= 11 is 0. The molecule has 0 fully saturated rings. The maximum atomic E-state index is 12.5. The van der Waals surface area contributed by atoms with Crippen molar-refractivity contribution in [2.24, 2.45) is 5.73 Å². The average molecular weight is 370 g/mol. The smallest absolute Gasteiger partial charge is 0.251 e. The molecule has 0 saturated heterocycles. The molecule has 140 valence electrons. The van der Waals surface area contributed by atoms with Gasteiger partial charge in [0.15, 0.2) is 0 Å². The Morgan fingerprint density at radius 2 is 1.88 bits per heavy atom. The zero-order chi connectivity index (χ0) is 19.0. The van der Waals surface area contributed by atoms with E-state index in [1.54, 1.807) is 20.8 Å². The normalized spacial score (nSPS) is 12.7. The molecule has 8 nitrogen and oxygen atoms in total. The number of benzene rings is 1. The SMILES string of the molecule is CCN(CC)S(=O)(=O)c1cccc(C(=O)NCC(=O)N[C@@H](C)CN)c1. The maximum absolute atomic E-state index is 12.5. The first-order chi connectivity index (χ1) is 11.8. The molecule has 0 aliphatic carbocycles. The molecular formula is C16H26N4O4S. The van der Waals surface area contributed by atoms with Crippen LogP contribution in [-0.4, -0.2) is 56.8 Å². The van der Waals surface area contributed by atoms with E-state index in [9.17, 15) is 18.0 Å². The fourth-order valence-corrected chi connectivity index (χ4v) is 3.66. The van der Waals surface area contributed by atoms with Crippen molar-refractivity contribution in [3.05, 3.63) is 29.8 Å². The van der Waals surface area contributed by atoms with Gasteiger partial charge in [-0.2, -0.15) is 4.31 Å². The van der Waals surface area contributed by atoms with Crippen LogP contribution in [0.25, 0.3) is 0 Å². The number of hydrogen-bond acceptors (Lipinski definition) is 5. The minimum atomic E-state index is -3.65. The van der Waals surface area contributed by atoms with Crippen LogP contribution in [0.1, 0.15) is 31.1 Å². The second-order valence-corrected chi connectivity index (χ2v) is 7.44. The lowest BCUT2D eigenvalue weighted by molar-refractivity contribution is -0.120. The van der Waals surface area contributed by atoms with Crippen molar-refractivity contribution in [2.45, 2.75) is 31.7 Å². The lowest BCUT2D eigenvalue weighted by atomic mass is 10.2. The molecule has 0 heterocycles. The number of carbonyl (C=O) groups excluding carboxylic acids is 2. The number of sulfonamides is 1. The Kier molecular flexibility index (Phi) is 8.01. The molecule has 0 saturated carbocycles. The van der Waals surface area contributed by atoms with E-state index in [4.69, 9.17) is 5.73 Å². The van der Waals surface area contributed by atoms with Gasteiger partial charge in [-0.1, -0.05) is 19.9 Å². The number of rotatable bonds is 9. The van der Waals surface area contributed by atoms with Gasteiger partial charge in [0.2, 0.25) is 15.9 Å². The van der Waals surface area contributed by atoms with Crippen molar-refractivity contribution >= 4 is 21.8 Å². The summed E-state index contributed by atoms with van der Waals surface area (Å²) < 4.78 is 26.3. The quantitative estimate of drug-likeness (QED) is 0.561. The third-order valence-electron chi connectivity index (χ3n) is 3.61. The molecule has 0 spiro atoms. The van der Waals surface area contributed by atoms with Gasteiger partial charge in [-0.15, -0.1) is 0 Å². The highest BCUT2D eigenvalue weighted by atomic mass is 32.2. The molecule has 9 heteroatoms. The number of amides is 2. The molecule has 0 radical (unpaired) electrons. The highest BCUT2D eigenvalue weighted by Gasteiger charge is 2.22. The largest absolute Gasteiger partial charge is 0.351 e. The van der Waals surface area contributed by atoms with Gasteiger partial charge in [0, 0.05) is 31.2 Å². The zero-order valence-corrected chi connectivity index (χ0v) is 15.6. The Bertz CT molecular complexity index is 702. The van der Waals surface area contributed by atoms with Crippen LogP contribution in [0.4, 0.5) is 0 Å². The van der Waals surface area contributed by atoms with Gasteiger partial charge in [0.1, 0.15) is 0 Å². The summed E-state index contributed by atoms with van der Waals surface area (Å²) in [5, 5.41) is 5.08. The molecule has 25 heavy (non-hydrogen) atoms. The molecule has 1 aromatic rings. The topological polar surface area (TPSA) is 122 Å². The molecule has 2 amide bonds. The Balaban J connectivity index is 2.84. The van der Waals surface area contributed by atoms with Crippen LogP contribution in [0.2, 0.25) is 0 Å². The van der Waals surface area contributed by atoms with E-state index in [-0.39, 0.29) is 29.0 Å². The van der Waals surface area contributed by atoms with Crippen molar-refractivity contribution in [1.82, 2.24) is 14.9 Å². The van der Waals surface area contributed by atoms with E-state index >= 15 is 0 Å². The third-order valence-corrected chi connectivity index (χ3v) is 5.66. The van der Waals surface area contributed by atoms with Crippen LogP contribution in [0, 0.1) is 0 Å². The molecule has 0 unspecified atom stereocenters. The maximum Gasteiger partial charge on any atom is 0.251 e. The molecule has 4 N–H and O–H groups in total. The predicted molar refractivity (Wildman–Crippen MR) is 95.5 cm³/mol. The van der Waals surface area contributed by atoms with Gasteiger partial charge in [-0.25, -0.2) is 8.42 Å². The Morgan fingerprint density at radius 3 is 2.44 bits per heavy atom. The number of nitrogens with one attached hydrogen (secondary N) is 2. The first-order valence-corrected chi connectivity index (χ1v) is 9.58. The van der Waals surface area contributed by atoms with Crippen molar-refractivity contribution in [3.63, 3.8) is 0 Å². The summed E-state index contributed by atoms with van der Waals surface area (Å²) in [6.07, 6.45) is 0. The summed E-state index contributed by atoms with van der Waals surface area (Å²) in [6, 6.07) is 5.56. The van der Waals surface area contributed by atoms with Crippen LogP contribution in [-0.2, 0) is 14.8 Å². The van der Waals surface area contributed by atoms with Crippen LogP contribution < -0.4 is 16.4 Å². The van der Waals surface area contributed by atoms with Gasteiger partial charge >= 0.3 is 0 Å². The van der Waals surface area contributed by atoms with Gasteiger partial charge in [-0.05, 0) is 25.1 Å². The lowest BCUT2D eigenvalue weighted by Crippen LogP contribution is -2.43. The third kappa shape index (κ3) is 5.80. The van der Waals surface area contributed by atoms with Crippen molar-refractivity contribution in [1.29, 1.82) is 0 Å². The Hall–Kier alpha value is -1.97. The van der Waals surface area contributed by atoms with Crippen molar-refractivity contribution in [2.75, 3.05) is 26.2 Å². The van der Waals surface area contributed by atoms with Gasteiger partial charge < -0.3 is 16.4 Å². The molecule has 1 aromatic carbocycles. The number of nitrogens with zero attached hydrogens (tertiary/aromatic N) is 1. The lowest BCUT2D eigenvalue weighted by Gasteiger charge is -2.18. The Morgan fingerprint density at radius 1 is 1.24 bits per heavy atom. The fourth-order valence-electron chi connectivity index (χ4n) is 2.16. The average Bonchev–Trinajstić information content (AvgIpc) is 2.60. The minimum absolute atomic E-state index is 0.0463. The van der Waals surface area contributed by atoms with E-state index < -0.39 is 15.9 Å². The molecule has 0 aromatic heterocycles. The Labute approximate surface area is 148 Å².